The third-order valence-corrected chi connectivity index (χ3v) is 3.97. The van der Waals surface area contributed by atoms with E-state index in [1.54, 1.807) is 0 Å². The molecular formula is C18H16ClF3N2O6. The van der Waals surface area contributed by atoms with E-state index in [1.807, 2.05) is 0 Å². The van der Waals surface area contributed by atoms with Gasteiger partial charge >= 0.3 is 12.1 Å². The molecule has 0 atom stereocenters. The molecule has 162 valence electrons. The average Bonchev–Trinajstić information content (AvgIpc) is 2.71. The van der Waals surface area contributed by atoms with E-state index in [2.05, 4.69) is 10.3 Å². The van der Waals surface area contributed by atoms with Crippen molar-refractivity contribution < 1.29 is 41.7 Å². The zero-order chi connectivity index (χ0) is 22.5. The largest absolute Gasteiger partial charge is 0.493 e. The normalized spacial score (nSPS) is 10.9. The number of nitrogens with one attached hydrogen (secondary N) is 1. The highest BCUT2D eigenvalue weighted by molar-refractivity contribution is 6.33. The fraction of sp³-hybridized carbons (Fsp3) is 0.278. The predicted octanol–water partition coefficient (Wildman–Crippen LogP) is 3.58. The lowest BCUT2D eigenvalue weighted by Crippen LogP contribution is -2.22. The first-order valence-electron chi connectivity index (χ1n) is 8.11. The SMILES string of the molecule is COc1ccc(C(=O)OCC(=O)Nc2ncc(C(F)(F)F)cc2Cl)c(OC)c1OC. The van der Waals surface area contributed by atoms with Gasteiger partial charge in [0.05, 0.1) is 31.9 Å². The van der Waals surface area contributed by atoms with E-state index in [-0.39, 0.29) is 22.9 Å². The lowest BCUT2D eigenvalue weighted by atomic mass is 10.1. The number of carbonyl (C=O) groups excluding carboxylic acids is 2. The number of nitrogens with zero attached hydrogens (tertiary/aromatic N) is 1. The quantitative estimate of drug-likeness (QED) is 0.647. The minimum absolute atomic E-state index is 0.0337. The lowest BCUT2D eigenvalue weighted by Gasteiger charge is -2.15. The van der Waals surface area contributed by atoms with Gasteiger partial charge in [0.2, 0.25) is 5.75 Å². The number of alkyl halides is 3. The highest BCUT2D eigenvalue weighted by Gasteiger charge is 2.31. The highest BCUT2D eigenvalue weighted by atomic mass is 35.5. The highest BCUT2D eigenvalue weighted by Crippen LogP contribution is 2.40. The molecule has 12 heteroatoms. The number of anilines is 1. The molecule has 0 saturated carbocycles. The Labute approximate surface area is 173 Å². The van der Waals surface area contributed by atoms with Gasteiger partial charge in [-0.3, -0.25) is 4.79 Å². The molecule has 0 radical (unpaired) electrons. The minimum Gasteiger partial charge on any atom is -0.493 e. The molecule has 0 fully saturated rings. The number of rotatable bonds is 7. The van der Waals surface area contributed by atoms with Crippen LogP contribution in [0.2, 0.25) is 5.02 Å². The number of pyridine rings is 1. The summed E-state index contributed by atoms with van der Waals surface area (Å²) in [6, 6.07) is 3.42. The Morgan fingerprint density at radius 3 is 2.30 bits per heavy atom. The van der Waals surface area contributed by atoms with Gasteiger partial charge in [-0.25, -0.2) is 9.78 Å². The second kappa shape index (κ2) is 9.53. The number of hydrogen-bond acceptors (Lipinski definition) is 7. The van der Waals surface area contributed by atoms with Crippen LogP contribution in [0.5, 0.6) is 17.2 Å². The molecule has 1 heterocycles. The van der Waals surface area contributed by atoms with Gasteiger partial charge < -0.3 is 24.3 Å². The lowest BCUT2D eigenvalue weighted by molar-refractivity contribution is -0.137. The van der Waals surface area contributed by atoms with E-state index in [4.69, 9.17) is 30.5 Å². The summed E-state index contributed by atoms with van der Waals surface area (Å²) in [5.74, 6) is -1.58. The first-order chi connectivity index (χ1) is 14.1. The van der Waals surface area contributed by atoms with Crippen LogP contribution in [0.4, 0.5) is 19.0 Å². The van der Waals surface area contributed by atoms with E-state index in [0.717, 1.165) is 0 Å². The van der Waals surface area contributed by atoms with Crippen molar-refractivity contribution >= 4 is 29.3 Å². The summed E-state index contributed by atoms with van der Waals surface area (Å²) in [4.78, 5) is 27.8. The smallest absolute Gasteiger partial charge is 0.417 e. The van der Waals surface area contributed by atoms with Crippen molar-refractivity contribution in [1.29, 1.82) is 0 Å². The molecule has 2 aromatic rings. The van der Waals surface area contributed by atoms with Crippen LogP contribution < -0.4 is 19.5 Å². The summed E-state index contributed by atoms with van der Waals surface area (Å²) in [5, 5.41) is 1.74. The molecule has 0 aliphatic heterocycles. The number of ether oxygens (including phenoxy) is 4. The number of methoxy groups -OCH3 is 3. The summed E-state index contributed by atoms with van der Waals surface area (Å²) in [6.07, 6.45) is -4.12. The molecule has 0 saturated heterocycles. The third-order valence-electron chi connectivity index (χ3n) is 3.68. The molecule has 0 aliphatic carbocycles. The van der Waals surface area contributed by atoms with Gasteiger partial charge in [0.1, 0.15) is 5.56 Å². The van der Waals surface area contributed by atoms with Gasteiger partial charge in [0, 0.05) is 6.20 Å². The zero-order valence-electron chi connectivity index (χ0n) is 15.9. The molecular weight excluding hydrogens is 433 g/mol. The average molecular weight is 449 g/mol. The van der Waals surface area contributed by atoms with Crippen LogP contribution >= 0.6 is 11.6 Å². The van der Waals surface area contributed by atoms with Crippen molar-refractivity contribution in [2.24, 2.45) is 0 Å². The number of aromatic nitrogens is 1. The molecule has 0 bridgehead atoms. The summed E-state index contributed by atoms with van der Waals surface area (Å²) in [5.41, 5.74) is -1.11. The molecule has 0 aliphatic rings. The fourth-order valence-electron chi connectivity index (χ4n) is 2.32. The Kier molecular flexibility index (Phi) is 7.33. The third kappa shape index (κ3) is 5.23. The number of esters is 1. The molecule has 8 nitrogen and oxygen atoms in total. The Morgan fingerprint density at radius 1 is 1.10 bits per heavy atom. The molecule has 1 amide bonds. The Morgan fingerprint density at radius 2 is 1.77 bits per heavy atom. The van der Waals surface area contributed by atoms with Gasteiger partial charge in [-0.2, -0.15) is 13.2 Å². The molecule has 0 unspecified atom stereocenters. The van der Waals surface area contributed by atoms with Crippen molar-refractivity contribution in [2.75, 3.05) is 33.3 Å². The second-order valence-electron chi connectivity index (χ2n) is 5.56. The van der Waals surface area contributed by atoms with Crippen LogP contribution in [0.25, 0.3) is 0 Å². The van der Waals surface area contributed by atoms with E-state index in [9.17, 15) is 22.8 Å². The Balaban J connectivity index is 2.08. The number of benzene rings is 1. The van der Waals surface area contributed by atoms with Crippen molar-refractivity contribution in [3.8, 4) is 17.2 Å². The van der Waals surface area contributed by atoms with Crippen LogP contribution in [0.3, 0.4) is 0 Å². The van der Waals surface area contributed by atoms with Crippen LogP contribution in [-0.2, 0) is 15.7 Å². The number of hydrogen-bond donors (Lipinski definition) is 1. The Bertz CT molecular complexity index is 952. The number of carbonyl (C=O) groups is 2. The first-order valence-corrected chi connectivity index (χ1v) is 8.48. The maximum absolute atomic E-state index is 12.6. The topological polar surface area (TPSA) is 96.0 Å². The fourth-order valence-corrected chi connectivity index (χ4v) is 2.54. The molecule has 2 rings (SSSR count). The van der Waals surface area contributed by atoms with Gasteiger partial charge in [-0.05, 0) is 18.2 Å². The maximum atomic E-state index is 12.6. The van der Waals surface area contributed by atoms with Crippen molar-refractivity contribution in [3.63, 3.8) is 0 Å². The van der Waals surface area contributed by atoms with Gasteiger partial charge in [-0.1, -0.05) is 11.6 Å². The van der Waals surface area contributed by atoms with Crippen molar-refractivity contribution in [1.82, 2.24) is 4.98 Å². The van der Waals surface area contributed by atoms with E-state index in [0.29, 0.717) is 18.0 Å². The Hall–Kier alpha value is -3.21. The standard InChI is InChI=1S/C18H16ClF3N2O6/c1-27-12-5-4-10(14(28-2)15(12)29-3)17(26)30-8-13(25)24-16-11(19)6-9(7-23-16)18(20,21)22/h4-7H,8H2,1-3H3,(H,23,24,25). The van der Waals surface area contributed by atoms with Gasteiger partial charge in [0.25, 0.3) is 5.91 Å². The van der Waals surface area contributed by atoms with Gasteiger partial charge in [-0.15, -0.1) is 0 Å². The zero-order valence-corrected chi connectivity index (χ0v) is 16.7. The van der Waals surface area contributed by atoms with E-state index < -0.39 is 35.2 Å². The van der Waals surface area contributed by atoms with E-state index >= 15 is 0 Å². The maximum Gasteiger partial charge on any atom is 0.417 e. The first kappa shape index (κ1) is 23.1. The summed E-state index contributed by atoms with van der Waals surface area (Å²) < 4.78 is 58.2. The van der Waals surface area contributed by atoms with E-state index in [1.165, 1.54) is 33.5 Å². The van der Waals surface area contributed by atoms with Crippen LogP contribution in [-0.4, -0.2) is 44.8 Å². The summed E-state index contributed by atoms with van der Waals surface area (Å²) in [7, 11) is 4.06. The van der Waals surface area contributed by atoms with Crippen molar-refractivity contribution in [3.05, 3.63) is 40.5 Å². The molecule has 0 spiro atoms. The summed E-state index contributed by atoms with van der Waals surface area (Å²) >= 11 is 5.71. The molecule has 1 aromatic heterocycles. The molecule has 1 aromatic carbocycles. The van der Waals surface area contributed by atoms with Crippen LogP contribution in [0.15, 0.2) is 24.4 Å². The molecule has 30 heavy (non-hydrogen) atoms. The summed E-state index contributed by atoms with van der Waals surface area (Å²) in [6.45, 7) is -0.755. The van der Waals surface area contributed by atoms with Crippen LogP contribution in [0.1, 0.15) is 15.9 Å². The minimum atomic E-state index is -4.63. The van der Waals surface area contributed by atoms with Gasteiger partial charge in [0.15, 0.2) is 23.9 Å². The monoisotopic (exact) mass is 448 g/mol. The van der Waals surface area contributed by atoms with Crippen LogP contribution in [0, 0.1) is 0 Å². The van der Waals surface area contributed by atoms with Crippen molar-refractivity contribution in [2.45, 2.75) is 6.18 Å². The second-order valence-corrected chi connectivity index (χ2v) is 5.97. The number of halogens is 4. The number of amides is 1. The molecule has 1 N–H and O–H groups in total. The predicted molar refractivity (Wildman–Crippen MR) is 99.3 cm³/mol.